The zero-order valence-corrected chi connectivity index (χ0v) is 14.3. The molecule has 0 saturated carbocycles. The summed E-state index contributed by atoms with van der Waals surface area (Å²) in [5, 5.41) is 3.41. The molecule has 0 aliphatic heterocycles. The SMILES string of the molecule is CNC(Cc1ccc(Br)s1)c1ccc(Br)cc1C. The van der Waals surface area contributed by atoms with E-state index < -0.39 is 0 Å². The molecule has 0 aliphatic rings. The third-order valence-corrected chi connectivity index (χ3v) is 5.13. The molecule has 18 heavy (non-hydrogen) atoms. The molecule has 0 fully saturated rings. The van der Waals surface area contributed by atoms with E-state index in [1.54, 1.807) is 11.3 Å². The van der Waals surface area contributed by atoms with E-state index in [0.717, 1.165) is 10.9 Å². The lowest BCUT2D eigenvalue weighted by atomic mass is 9.98. The van der Waals surface area contributed by atoms with E-state index >= 15 is 0 Å². The second-order valence-corrected chi connectivity index (χ2v) is 7.72. The lowest BCUT2D eigenvalue weighted by molar-refractivity contribution is 0.593. The van der Waals surface area contributed by atoms with Crippen molar-refractivity contribution in [1.82, 2.24) is 5.32 Å². The Hall–Kier alpha value is -0.160. The predicted octanol–water partition coefficient (Wildman–Crippen LogP) is 5.08. The highest BCUT2D eigenvalue weighted by Crippen LogP contribution is 2.29. The molecule has 1 heterocycles. The largest absolute Gasteiger partial charge is 0.313 e. The molecule has 2 aromatic rings. The number of rotatable bonds is 4. The van der Waals surface area contributed by atoms with Crippen LogP contribution in [0, 0.1) is 6.92 Å². The number of benzene rings is 1. The van der Waals surface area contributed by atoms with E-state index in [2.05, 4.69) is 74.4 Å². The Kier molecular flexibility index (Phi) is 5.01. The van der Waals surface area contributed by atoms with Crippen molar-refractivity contribution in [3.05, 3.63) is 54.6 Å². The fourth-order valence-electron chi connectivity index (χ4n) is 2.06. The van der Waals surface area contributed by atoms with Gasteiger partial charge in [-0.3, -0.25) is 0 Å². The van der Waals surface area contributed by atoms with Gasteiger partial charge in [0.05, 0.1) is 3.79 Å². The van der Waals surface area contributed by atoms with Crippen LogP contribution in [0.3, 0.4) is 0 Å². The lowest BCUT2D eigenvalue weighted by Gasteiger charge is -2.18. The summed E-state index contributed by atoms with van der Waals surface area (Å²) in [6, 6.07) is 11.1. The Labute approximate surface area is 129 Å². The van der Waals surface area contributed by atoms with Crippen LogP contribution in [0.2, 0.25) is 0 Å². The van der Waals surface area contributed by atoms with Crippen LogP contribution in [0.1, 0.15) is 22.0 Å². The first-order valence-electron chi connectivity index (χ1n) is 5.77. The smallest absolute Gasteiger partial charge is 0.0701 e. The molecule has 4 heteroatoms. The first-order chi connectivity index (χ1) is 8.60. The van der Waals surface area contributed by atoms with Gasteiger partial charge in [-0.2, -0.15) is 0 Å². The minimum Gasteiger partial charge on any atom is -0.313 e. The van der Waals surface area contributed by atoms with Crippen molar-refractivity contribution in [1.29, 1.82) is 0 Å². The maximum atomic E-state index is 3.52. The van der Waals surface area contributed by atoms with Gasteiger partial charge in [0, 0.05) is 21.8 Å². The zero-order valence-electron chi connectivity index (χ0n) is 10.3. The molecule has 1 atom stereocenters. The molecular weight excluding hydrogens is 374 g/mol. The fraction of sp³-hybridized carbons (Fsp3) is 0.286. The molecule has 1 unspecified atom stereocenters. The van der Waals surface area contributed by atoms with Crippen LogP contribution in [-0.2, 0) is 6.42 Å². The summed E-state index contributed by atoms with van der Waals surface area (Å²) in [6.45, 7) is 2.16. The summed E-state index contributed by atoms with van der Waals surface area (Å²) >= 11 is 8.83. The van der Waals surface area contributed by atoms with Gasteiger partial charge in [0.1, 0.15) is 0 Å². The Morgan fingerprint density at radius 2 is 2.00 bits per heavy atom. The summed E-state index contributed by atoms with van der Waals surface area (Å²) in [4.78, 5) is 1.39. The van der Waals surface area contributed by atoms with Gasteiger partial charge in [-0.15, -0.1) is 11.3 Å². The van der Waals surface area contributed by atoms with E-state index in [4.69, 9.17) is 0 Å². The number of hydrogen-bond donors (Lipinski definition) is 1. The molecule has 96 valence electrons. The molecule has 0 amide bonds. The summed E-state index contributed by atoms with van der Waals surface area (Å²) in [5.74, 6) is 0. The summed E-state index contributed by atoms with van der Waals surface area (Å²) in [6.07, 6.45) is 1.02. The average Bonchev–Trinajstić information content (AvgIpc) is 2.72. The van der Waals surface area contributed by atoms with Crippen LogP contribution < -0.4 is 5.32 Å². The predicted molar refractivity (Wildman–Crippen MR) is 86.4 cm³/mol. The van der Waals surface area contributed by atoms with Crippen molar-refractivity contribution >= 4 is 43.2 Å². The molecule has 1 N–H and O–H groups in total. The average molecular weight is 389 g/mol. The Bertz CT molecular complexity index is 536. The number of hydrogen-bond acceptors (Lipinski definition) is 2. The lowest BCUT2D eigenvalue weighted by Crippen LogP contribution is -2.19. The van der Waals surface area contributed by atoms with E-state index in [1.165, 1.54) is 19.8 Å². The molecule has 1 aromatic heterocycles. The van der Waals surface area contributed by atoms with Crippen molar-refractivity contribution in [2.75, 3.05) is 7.05 Å². The van der Waals surface area contributed by atoms with Crippen LogP contribution in [-0.4, -0.2) is 7.05 Å². The third-order valence-electron chi connectivity index (χ3n) is 2.99. The first-order valence-corrected chi connectivity index (χ1v) is 8.18. The molecule has 0 saturated heterocycles. The molecule has 0 bridgehead atoms. The number of thiophene rings is 1. The van der Waals surface area contributed by atoms with Crippen LogP contribution in [0.5, 0.6) is 0 Å². The molecular formula is C14H15Br2NS. The normalized spacial score (nSPS) is 12.7. The van der Waals surface area contributed by atoms with Gasteiger partial charge >= 0.3 is 0 Å². The van der Waals surface area contributed by atoms with Crippen molar-refractivity contribution in [2.24, 2.45) is 0 Å². The molecule has 2 rings (SSSR count). The van der Waals surface area contributed by atoms with Crippen molar-refractivity contribution in [3.8, 4) is 0 Å². The number of nitrogens with one attached hydrogen (secondary N) is 1. The number of aryl methyl sites for hydroxylation is 1. The van der Waals surface area contributed by atoms with Crippen molar-refractivity contribution < 1.29 is 0 Å². The molecule has 0 radical (unpaired) electrons. The van der Waals surface area contributed by atoms with Gasteiger partial charge in [0.2, 0.25) is 0 Å². The zero-order chi connectivity index (χ0) is 13.1. The minimum atomic E-state index is 0.364. The van der Waals surface area contributed by atoms with Gasteiger partial charge < -0.3 is 5.32 Å². The van der Waals surface area contributed by atoms with Crippen LogP contribution in [0.4, 0.5) is 0 Å². The highest BCUT2D eigenvalue weighted by atomic mass is 79.9. The highest BCUT2D eigenvalue weighted by molar-refractivity contribution is 9.11. The molecule has 1 nitrogen and oxygen atoms in total. The maximum absolute atomic E-state index is 3.52. The third kappa shape index (κ3) is 3.44. The van der Waals surface area contributed by atoms with E-state index in [-0.39, 0.29) is 0 Å². The standard InChI is InChI=1S/C14H15Br2NS/c1-9-7-10(15)3-5-12(9)13(17-2)8-11-4-6-14(16)18-11/h3-7,13,17H,8H2,1-2H3. The molecule has 0 aliphatic carbocycles. The van der Waals surface area contributed by atoms with E-state index in [1.807, 2.05) is 7.05 Å². The summed E-state index contributed by atoms with van der Waals surface area (Å²) in [7, 11) is 2.02. The summed E-state index contributed by atoms with van der Waals surface area (Å²) < 4.78 is 2.33. The fourth-order valence-corrected chi connectivity index (χ4v) is 4.06. The first kappa shape index (κ1) is 14.3. The molecule has 0 spiro atoms. The van der Waals surface area contributed by atoms with Gasteiger partial charge in [-0.05, 0) is 65.3 Å². The quantitative estimate of drug-likeness (QED) is 0.769. The minimum absolute atomic E-state index is 0.364. The topological polar surface area (TPSA) is 12.0 Å². The van der Waals surface area contributed by atoms with Crippen LogP contribution in [0.25, 0.3) is 0 Å². The molecule has 1 aromatic carbocycles. The van der Waals surface area contributed by atoms with Crippen molar-refractivity contribution in [3.63, 3.8) is 0 Å². The van der Waals surface area contributed by atoms with Gasteiger partial charge in [0.25, 0.3) is 0 Å². The van der Waals surface area contributed by atoms with Gasteiger partial charge in [0.15, 0.2) is 0 Å². The van der Waals surface area contributed by atoms with Crippen LogP contribution >= 0.6 is 43.2 Å². The maximum Gasteiger partial charge on any atom is 0.0701 e. The Morgan fingerprint density at radius 3 is 2.56 bits per heavy atom. The second-order valence-electron chi connectivity index (χ2n) is 4.25. The number of likely N-dealkylation sites (N-methyl/N-ethyl adjacent to an activating group) is 1. The highest BCUT2D eigenvalue weighted by Gasteiger charge is 2.13. The monoisotopic (exact) mass is 387 g/mol. The van der Waals surface area contributed by atoms with E-state index in [0.29, 0.717) is 6.04 Å². The summed E-state index contributed by atoms with van der Waals surface area (Å²) in [5.41, 5.74) is 2.68. The second kappa shape index (κ2) is 6.33. The Morgan fingerprint density at radius 1 is 1.22 bits per heavy atom. The van der Waals surface area contributed by atoms with Gasteiger partial charge in [-0.1, -0.05) is 22.0 Å². The van der Waals surface area contributed by atoms with Gasteiger partial charge in [-0.25, -0.2) is 0 Å². The van der Waals surface area contributed by atoms with E-state index in [9.17, 15) is 0 Å². The number of halogens is 2. The Balaban J connectivity index is 2.22. The van der Waals surface area contributed by atoms with Crippen molar-refractivity contribution in [2.45, 2.75) is 19.4 Å². The van der Waals surface area contributed by atoms with Crippen LogP contribution in [0.15, 0.2) is 38.6 Å².